The first kappa shape index (κ1) is 13.7. The number of nitrogens with one attached hydrogen (secondary N) is 1. The lowest BCUT2D eigenvalue weighted by molar-refractivity contribution is -0.134. The van der Waals surface area contributed by atoms with Crippen molar-refractivity contribution in [3.05, 3.63) is 22.8 Å². The number of alkyl halides is 3. The van der Waals surface area contributed by atoms with Crippen molar-refractivity contribution >= 4 is 5.97 Å². The van der Waals surface area contributed by atoms with Gasteiger partial charge in [-0.1, -0.05) is 0 Å². The molecule has 0 atom stereocenters. The first-order valence-corrected chi connectivity index (χ1v) is 5.76. The molecule has 2 rings (SSSR count). The Hall–Kier alpha value is -1.70. The number of nitrogens with zero attached hydrogens (tertiary/aromatic N) is 2. The zero-order chi connectivity index (χ0) is 14.0. The SMILES string of the molecule is O=C(O)c1nc(CCC(F)(F)F)nc2c1CNCC2. The molecule has 1 aliphatic rings. The quantitative estimate of drug-likeness (QED) is 0.870. The maximum Gasteiger partial charge on any atom is 0.389 e. The third-order valence-electron chi connectivity index (χ3n) is 2.81. The molecule has 19 heavy (non-hydrogen) atoms. The molecule has 0 spiro atoms. The fourth-order valence-electron chi connectivity index (χ4n) is 1.94. The Morgan fingerprint density at radius 2 is 2.11 bits per heavy atom. The molecule has 2 heterocycles. The Kier molecular flexibility index (Phi) is 3.70. The van der Waals surface area contributed by atoms with Crippen LogP contribution in [0, 0.1) is 0 Å². The zero-order valence-electron chi connectivity index (χ0n) is 9.92. The first-order valence-electron chi connectivity index (χ1n) is 5.76. The van der Waals surface area contributed by atoms with Crippen LogP contribution in [0.1, 0.15) is 34.0 Å². The highest BCUT2D eigenvalue weighted by Gasteiger charge is 2.28. The summed E-state index contributed by atoms with van der Waals surface area (Å²) in [4.78, 5) is 18.9. The van der Waals surface area contributed by atoms with E-state index in [0.29, 0.717) is 30.8 Å². The number of aryl methyl sites for hydroxylation is 1. The fraction of sp³-hybridized carbons (Fsp3) is 0.545. The molecule has 2 N–H and O–H groups in total. The molecule has 0 fully saturated rings. The van der Waals surface area contributed by atoms with Crippen molar-refractivity contribution in [3.63, 3.8) is 0 Å². The summed E-state index contributed by atoms with van der Waals surface area (Å²) in [6.07, 6.45) is -5.26. The van der Waals surface area contributed by atoms with Gasteiger partial charge in [0.1, 0.15) is 5.82 Å². The van der Waals surface area contributed by atoms with Crippen LogP contribution in [0.4, 0.5) is 13.2 Å². The van der Waals surface area contributed by atoms with Crippen LogP contribution < -0.4 is 5.32 Å². The van der Waals surface area contributed by atoms with Gasteiger partial charge in [0.15, 0.2) is 5.69 Å². The van der Waals surface area contributed by atoms with Crippen LogP contribution in [0.5, 0.6) is 0 Å². The molecular weight excluding hydrogens is 263 g/mol. The van der Waals surface area contributed by atoms with Crippen LogP contribution in [0.2, 0.25) is 0 Å². The average Bonchev–Trinajstić information content (AvgIpc) is 2.34. The summed E-state index contributed by atoms with van der Waals surface area (Å²) in [5, 5.41) is 12.0. The summed E-state index contributed by atoms with van der Waals surface area (Å²) < 4.78 is 36.5. The van der Waals surface area contributed by atoms with Crippen molar-refractivity contribution in [3.8, 4) is 0 Å². The lowest BCUT2D eigenvalue weighted by atomic mass is 10.0. The minimum absolute atomic E-state index is 0.0598. The monoisotopic (exact) mass is 275 g/mol. The molecule has 0 amide bonds. The second-order valence-electron chi connectivity index (χ2n) is 4.26. The molecule has 1 aromatic rings. The molecule has 8 heteroatoms. The molecule has 104 valence electrons. The number of carboxylic acids is 1. The summed E-state index contributed by atoms with van der Waals surface area (Å²) in [6, 6.07) is 0. The number of halogens is 3. The molecule has 0 saturated heterocycles. The van der Waals surface area contributed by atoms with Gasteiger partial charge in [-0.25, -0.2) is 14.8 Å². The van der Waals surface area contributed by atoms with E-state index in [1.165, 1.54) is 0 Å². The molecule has 5 nitrogen and oxygen atoms in total. The summed E-state index contributed by atoms with van der Waals surface area (Å²) in [5.74, 6) is -1.30. The lowest BCUT2D eigenvalue weighted by Crippen LogP contribution is -2.28. The Labute approximate surface area is 106 Å². The minimum atomic E-state index is -4.30. The molecule has 1 aromatic heterocycles. The molecule has 0 bridgehead atoms. The second-order valence-corrected chi connectivity index (χ2v) is 4.26. The van der Waals surface area contributed by atoms with E-state index >= 15 is 0 Å². The van der Waals surface area contributed by atoms with E-state index in [1.807, 2.05) is 0 Å². The summed E-state index contributed by atoms with van der Waals surface area (Å²) >= 11 is 0. The number of rotatable bonds is 3. The Balaban J connectivity index is 2.30. The molecule has 0 saturated carbocycles. The summed E-state index contributed by atoms with van der Waals surface area (Å²) in [7, 11) is 0. The highest BCUT2D eigenvalue weighted by atomic mass is 19.4. The number of aromatic carboxylic acids is 1. The van der Waals surface area contributed by atoms with Gasteiger partial charge in [0.05, 0.1) is 12.1 Å². The molecular formula is C11H12F3N3O2. The number of carboxylic acid groups (broad SMARTS) is 1. The van der Waals surface area contributed by atoms with E-state index in [2.05, 4.69) is 15.3 Å². The Morgan fingerprint density at radius 1 is 1.37 bits per heavy atom. The number of hydrogen-bond acceptors (Lipinski definition) is 4. The first-order chi connectivity index (χ1) is 8.87. The van der Waals surface area contributed by atoms with E-state index in [-0.39, 0.29) is 11.5 Å². The second kappa shape index (κ2) is 5.12. The van der Waals surface area contributed by atoms with Crippen molar-refractivity contribution in [1.82, 2.24) is 15.3 Å². The Bertz CT molecular complexity index is 503. The lowest BCUT2D eigenvalue weighted by Gasteiger charge is -2.18. The van der Waals surface area contributed by atoms with Crippen molar-refractivity contribution in [1.29, 1.82) is 0 Å². The van der Waals surface area contributed by atoms with Gasteiger partial charge in [-0.05, 0) is 0 Å². The maximum absolute atomic E-state index is 12.2. The number of aromatic nitrogens is 2. The molecule has 0 aromatic carbocycles. The predicted octanol–water partition coefficient (Wildman–Crippen LogP) is 1.32. The molecule has 0 unspecified atom stereocenters. The van der Waals surface area contributed by atoms with Gasteiger partial charge in [0.25, 0.3) is 0 Å². The van der Waals surface area contributed by atoms with Crippen LogP contribution >= 0.6 is 0 Å². The van der Waals surface area contributed by atoms with Crippen LogP contribution in [0.25, 0.3) is 0 Å². The zero-order valence-corrected chi connectivity index (χ0v) is 9.92. The van der Waals surface area contributed by atoms with E-state index in [0.717, 1.165) is 0 Å². The minimum Gasteiger partial charge on any atom is -0.476 e. The van der Waals surface area contributed by atoms with E-state index < -0.39 is 25.0 Å². The van der Waals surface area contributed by atoms with Crippen LogP contribution in [0.3, 0.4) is 0 Å². The fourth-order valence-corrected chi connectivity index (χ4v) is 1.94. The average molecular weight is 275 g/mol. The number of carbonyl (C=O) groups is 1. The third-order valence-corrected chi connectivity index (χ3v) is 2.81. The van der Waals surface area contributed by atoms with Crippen molar-refractivity contribution in [2.24, 2.45) is 0 Å². The van der Waals surface area contributed by atoms with Gasteiger partial charge in [-0.2, -0.15) is 13.2 Å². The number of fused-ring (bicyclic) bond motifs is 1. The van der Waals surface area contributed by atoms with E-state index in [4.69, 9.17) is 5.11 Å². The predicted molar refractivity (Wildman–Crippen MR) is 58.8 cm³/mol. The van der Waals surface area contributed by atoms with Gasteiger partial charge in [-0.15, -0.1) is 0 Å². The van der Waals surface area contributed by atoms with E-state index in [1.54, 1.807) is 0 Å². The molecule has 0 aliphatic carbocycles. The van der Waals surface area contributed by atoms with E-state index in [9.17, 15) is 18.0 Å². The van der Waals surface area contributed by atoms with Gasteiger partial charge >= 0.3 is 12.1 Å². The topological polar surface area (TPSA) is 75.1 Å². The van der Waals surface area contributed by atoms with Crippen LogP contribution in [0.15, 0.2) is 0 Å². The molecule has 1 aliphatic heterocycles. The molecule has 0 radical (unpaired) electrons. The standard InChI is InChI=1S/C11H12F3N3O2/c12-11(13,14)3-1-8-16-7-2-4-15-5-6(7)9(17-8)10(18)19/h15H,1-5H2,(H,18,19). The van der Waals surface area contributed by atoms with Gasteiger partial charge in [-0.3, -0.25) is 0 Å². The highest BCUT2D eigenvalue weighted by Crippen LogP contribution is 2.22. The number of hydrogen-bond donors (Lipinski definition) is 2. The van der Waals surface area contributed by atoms with Crippen LogP contribution in [-0.4, -0.2) is 33.8 Å². The van der Waals surface area contributed by atoms with Gasteiger partial charge in [0.2, 0.25) is 0 Å². The van der Waals surface area contributed by atoms with Gasteiger partial charge < -0.3 is 10.4 Å². The normalized spacial score (nSPS) is 15.1. The van der Waals surface area contributed by atoms with Crippen LogP contribution in [-0.2, 0) is 19.4 Å². The van der Waals surface area contributed by atoms with Crippen molar-refractivity contribution in [2.45, 2.75) is 32.0 Å². The third kappa shape index (κ3) is 3.40. The van der Waals surface area contributed by atoms with Gasteiger partial charge in [0, 0.05) is 31.5 Å². The smallest absolute Gasteiger partial charge is 0.389 e. The van der Waals surface area contributed by atoms with Crippen molar-refractivity contribution in [2.75, 3.05) is 6.54 Å². The summed E-state index contributed by atoms with van der Waals surface area (Å²) in [6.45, 7) is 0.957. The Morgan fingerprint density at radius 3 is 2.74 bits per heavy atom. The van der Waals surface area contributed by atoms with Crippen molar-refractivity contribution < 1.29 is 23.1 Å². The summed E-state index contributed by atoms with van der Waals surface area (Å²) in [5.41, 5.74) is 0.798. The maximum atomic E-state index is 12.2. The highest BCUT2D eigenvalue weighted by molar-refractivity contribution is 5.87. The largest absolute Gasteiger partial charge is 0.476 e.